The van der Waals surface area contributed by atoms with E-state index in [1.807, 2.05) is 15.9 Å². The molecular formula is C22H30FN3O5. The van der Waals surface area contributed by atoms with Crippen molar-refractivity contribution in [3.8, 4) is 0 Å². The van der Waals surface area contributed by atoms with Crippen molar-refractivity contribution in [2.45, 2.75) is 31.4 Å². The number of anilines is 2. The highest BCUT2D eigenvalue weighted by Crippen LogP contribution is 2.39. The molecule has 1 aromatic carbocycles. The van der Waals surface area contributed by atoms with E-state index < -0.39 is 6.10 Å². The zero-order valence-corrected chi connectivity index (χ0v) is 17.7. The third-order valence-corrected chi connectivity index (χ3v) is 5.47. The molecule has 0 bridgehead atoms. The van der Waals surface area contributed by atoms with Crippen LogP contribution >= 0.6 is 0 Å². The summed E-state index contributed by atoms with van der Waals surface area (Å²) in [6.07, 6.45) is 3.66. The Labute approximate surface area is 181 Å². The molecule has 1 unspecified atom stereocenters. The average Bonchev–Trinajstić information content (AvgIpc) is 3.62. The number of aliphatic hydroxyl groups excluding tert-OH is 2. The quantitative estimate of drug-likeness (QED) is 0.436. The predicted molar refractivity (Wildman–Crippen MR) is 115 cm³/mol. The number of carbonyl (C=O) groups excluding carboxylic acids is 2. The molecule has 2 fully saturated rings. The van der Waals surface area contributed by atoms with Gasteiger partial charge in [0.15, 0.2) is 12.1 Å². The number of benzene rings is 1. The molecule has 31 heavy (non-hydrogen) atoms. The molecule has 2 heterocycles. The molecule has 1 aromatic rings. The second kappa shape index (κ2) is 10.8. The number of ether oxygens (including phenoxy) is 1. The van der Waals surface area contributed by atoms with E-state index in [0.717, 1.165) is 44.7 Å². The Kier molecular flexibility index (Phi) is 8.14. The van der Waals surface area contributed by atoms with Gasteiger partial charge in [0, 0.05) is 57.6 Å². The van der Waals surface area contributed by atoms with Crippen LogP contribution in [0.25, 0.3) is 0 Å². The minimum atomic E-state index is -0.718. The largest absolute Gasteiger partial charge is 0.394 e. The van der Waals surface area contributed by atoms with Crippen LogP contribution in [0.15, 0.2) is 23.9 Å². The van der Waals surface area contributed by atoms with Gasteiger partial charge in [-0.3, -0.25) is 9.59 Å². The van der Waals surface area contributed by atoms with Gasteiger partial charge in [-0.25, -0.2) is 4.39 Å². The Morgan fingerprint density at radius 2 is 2.00 bits per heavy atom. The average molecular weight is 435 g/mol. The SMILES string of the molecule is COCC(O)CO.O=CC1=CN(C2CC2)c2cc(N3CCNCC3)c(F)cc2CC1=O. The lowest BCUT2D eigenvalue weighted by atomic mass is 10.0. The van der Waals surface area contributed by atoms with Crippen molar-refractivity contribution < 1.29 is 28.9 Å². The van der Waals surface area contributed by atoms with Gasteiger partial charge in [0.05, 0.1) is 24.5 Å². The standard InChI is InChI=1S/C18H20FN3O2.C4H10O3/c19-15-7-12-8-18(24)13(11-23)10-22(14-1-2-14)16(12)9-17(15)21-5-3-20-4-6-21;1-7-3-4(6)2-5/h7,9-11,14,20H,1-6,8H2;4-6H,2-3H2,1H3. The highest BCUT2D eigenvalue weighted by Gasteiger charge is 2.33. The van der Waals surface area contributed by atoms with Crippen LogP contribution in [0.1, 0.15) is 18.4 Å². The molecule has 1 aliphatic carbocycles. The number of Topliss-reactive ketones (excluding diaryl/α,β-unsaturated/α-hetero) is 1. The molecule has 1 saturated carbocycles. The number of piperazine rings is 1. The number of ketones is 1. The Morgan fingerprint density at radius 1 is 1.29 bits per heavy atom. The van der Waals surface area contributed by atoms with Gasteiger partial charge in [-0.05, 0) is 30.5 Å². The number of halogens is 1. The van der Waals surface area contributed by atoms with Crippen molar-refractivity contribution in [3.05, 3.63) is 35.3 Å². The van der Waals surface area contributed by atoms with Gasteiger partial charge in [0.1, 0.15) is 11.9 Å². The first kappa shape index (κ1) is 23.3. The smallest absolute Gasteiger partial charge is 0.172 e. The van der Waals surface area contributed by atoms with Gasteiger partial charge < -0.3 is 30.1 Å². The van der Waals surface area contributed by atoms with E-state index in [4.69, 9.17) is 10.2 Å². The zero-order chi connectivity index (χ0) is 22.4. The lowest BCUT2D eigenvalue weighted by Crippen LogP contribution is -2.44. The number of allylic oxidation sites excluding steroid dienone is 1. The number of rotatable bonds is 6. The lowest BCUT2D eigenvalue weighted by Gasteiger charge is -2.31. The van der Waals surface area contributed by atoms with Crippen LogP contribution in [0.4, 0.5) is 15.8 Å². The molecule has 0 radical (unpaired) electrons. The summed E-state index contributed by atoms with van der Waals surface area (Å²) in [5.41, 5.74) is 2.27. The highest BCUT2D eigenvalue weighted by atomic mass is 19.1. The summed E-state index contributed by atoms with van der Waals surface area (Å²) in [5, 5.41) is 19.9. The third kappa shape index (κ3) is 5.88. The number of nitrogens with zero attached hydrogens (tertiary/aromatic N) is 2. The maximum Gasteiger partial charge on any atom is 0.172 e. The summed E-state index contributed by atoms with van der Waals surface area (Å²) in [4.78, 5) is 27.5. The van der Waals surface area contributed by atoms with Gasteiger partial charge >= 0.3 is 0 Å². The minimum absolute atomic E-state index is 0.0713. The van der Waals surface area contributed by atoms with Crippen LogP contribution in [-0.4, -0.2) is 80.9 Å². The maximum absolute atomic E-state index is 14.7. The van der Waals surface area contributed by atoms with Gasteiger partial charge in [-0.15, -0.1) is 0 Å². The molecule has 3 aliphatic rings. The van der Waals surface area contributed by atoms with Crippen LogP contribution in [-0.2, 0) is 20.7 Å². The third-order valence-electron chi connectivity index (χ3n) is 5.47. The second-order valence-electron chi connectivity index (χ2n) is 7.90. The van der Waals surface area contributed by atoms with Gasteiger partial charge in [0.2, 0.25) is 0 Å². The molecule has 4 rings (SSSR count). The Bertz CT molecular complexity index is 822. The number of methoxy groups -OCH3 is 1. The molecular weight excluding hydrogens is 405 g/mol. The summed E-state index contributed by atoms with van der Waals surface area (Å²) < 4.78 is 19.2. The van der Waals surface area contributed by atoms with Crippen molar-refractivity contribution in [1.29, 1.82) is 0 Å². The number of hydrogen-bond acceptors (Lipinski definition) is 8. The summed E-state index contributed by atoms with van der Waals surface area (Å²) in [7, 11) is 1.47. The number of hydrogen-bond donors (Lipinski definition) is 3. The maximum atomic E-state index is 14.7. The summed E-state index contributed by atoms with van der Waals surface area (Å²) in [5.74, 6) is -0.544. The van der Waals surface area contributed by atoms with Crippen LogP contribution < -0.4 is 15.1 Å². The fourth-order valence-electron chi connectivity index (χ4n) is 3.68. The lowest BCUT2D eigenvalue weighted by molar-refractivity contribution is -0.117. The van der Waals surface area contributed by atoms with Crippen LogP contribution in [0.2, 0.25) is 0 Å². The summed E-state index contributed by atoms with van der Waals surface area (Å²) in [6, 6.07) is 3.62. The number of fused-ring (bicyclic) bond motifs is 1. The van der Waals surface area contributed by atoms with Gasteiger partial charge in [-0.2, -0.15) is 0 Å². The molecule has 0 amide bonds. The number of aldehydes is 1. The first-order chi connectivity index (χ1) is 15.0. The van der Waals surface area contributed by atoms with Crippen molar-refractivity contribution in [3.63, 3.8) is 0 Å². The fraction of sp³-hybridized carbons (Fsp3) is 0.545. The molecule has 9 heteroatoms. The fourth-order valence-corrected chi connectivity index (χ4v) is 3.68. The predicted octanol–water partition coefficient (Wildman–Crippen LogP) is 0.398. The monoisotopic (exact) mass is 435 g/mol. The molecule has 8 nitrogen and oxygen atoms in total. The first-order valence-electron chi connectivity index (χ1n) is 10.5. The van der Waals surface area contributed by atoms with E-state index in [9.17, 15) is 14.0 Å². The molecule has 1 saturated heterocycles. The van der Waals surface area contributed by atoms with E-state index in [0.29, 0.717) is 23.6 Å². The number of carbonyl (C=O) groups is 2. The van der Waals surface area contributed by atoms with Gasteiger partial charge in [0.25, 0.3) is 0 Å². The highest BCUT2D eigenvalue weighted by molar-refractivity contribution is 6.13. The topological polar surface area (TPSA) is 102 Å². The van der Waals surface area contributed by atoms with Crippen LogP contribution in [0.5, 0.6) is 0 Å². The molecule has 0 spiro atoms. The van der Waals surface area contributed by atoms with E-state index in [1.165, 1.54) is 13.2 Å². The first-order valence-corrected chi connectivity index (χ1v) is 10.5. The van der Waals surface area contributed by atoms with Crippen LogP contribution in [0, 0.1) is 5.82 Å². The van der Waals surface area contributed by atoms with E-state index >= 15 is 0 Å². The number of nitrogens with one attached hydrogen (secondary N) is 1. The van der Waals surface area contributed by atoms with E-state index in [1.54, 1.807) is 6.20 Å². The minimum Gasteiger partial charge on any atom is -0.394 e. The normalized spacial score (nSPS) is 19.6. The van der Waals surface area contributed by atoms with E-state index in [-0.39, 0.29) is 36.8 Å². The molecule has 0 aromatic heterocycles. The van der Waals surface area contributed by atoms with Crippen molar-refractivity contribution >= 4 is 23.4 Å². The van der Waals surface area contributed by atoms with Crippen molar-refractivity contribution in [1.82, 2.24) is 5.32 Å². The summed E-state index contributed by atoms with van der Waals surface area (Å²) >= 11 is 0. The number of aliphatic hydroxyl groups is 2. The van der Waals surface area contributed by atoms with Crippen molar-refractivity contribution in [2.75, 3.05) is 56.3 Å². The molecule has 1 atom stereocenters. The zero-order valence-electron chi connectivity index (χ0n) is 17.7. The molecule has 3 N–H and O–H groups in total. The Morgan fingerprint density at radius 3 is 2.55 bits per heavy atom. The summed E-state index contributed by atoms with van der Waals surface area (Å²) in [6.45, 7) is 3.15. The molecule has 2 aliphatic heterocycles. The Balaban J connectivity index is 0.000000339. The van der Waals surface area contributed by atoms with Crippen LogP contribution in [0.3, 0.4) is 0 Å². The molecule has 170 valence electrons. The van der Waals surface area contributed by atoms with Gasteiger partial charge in [-0.1, -0.05) is 0 Å². The van der Waals surface area contributed by atoms with Crippen molar-refractivity contribution in [2.24, 2.45) is 0 Å². The second-order valence-corrected chi connectivity index (χ2v) is 7.90. The Hall–Kier alpha value is -2.33. The van der Waals surface area contributed by atoms with E-state index in [2.05, 4.69) is 10.1 Å².